The molecule has 19 heavy (non-hydrogen) atoms. The summed E-state index contributed by atoms with van der Waals surface area (Å²) in [6.07, 6.45) is 6.76. The van der Waals surface area contributed by atoms with Gasteiger partial charge in [-0.05, 0) is 37.6 Å². The Balaban J connectivity index is 1.81. The molecule has 1 saturated heterocycles. The van der Waals surface area contributed by atoms with E-state index in [1.54, 1.807) is 0 Å². The molecular formula is C16H32N2O. The van der Waals surface area contributed by atoms with Crippen LogP contribution in [0.2, 0.25) is 0 Å². The first-order valence-corrected chi connectivity index (χ1v) is 8.01. The van der Waals surface area contributed by atoms with E-state index in [1.165, 1.54) is 19.3 Å². The summed E-state index contributed by atoms with van der Waals surface area (Å²) in [6.45, 7) is 9.86. The van der Waals surface area contributed by atoms with Crippen molar-refractivity contribution in [1.29, 1.82) is 0 Å². The van der Waals surface area contributed by atoms with Crippen molar-refractivity contribution in [3.8, 4) is 0 Å². The average Bonchev–Trinajstić information content (AvgIpc) is 2.34. The molecule has 1 aliphatic carbocycles. The summed E-state index contributed by atoms with van der Waals surface area (Å²) < 4.78 is 0. The summed E-state index contributed by atoms with van der Waals surface area (Å²) in [6, 6.07) is 0.264. The fraction of sp³-hybridized carbons (Fsp3) is 1.00. The Morgan fingerprint density at radius 3 is 2.74 bits per heavy atom. The number of nitrogens with two attached hydrogens (primary N) is 1. The van der Waals surface area contributed by atoms with Gasteiger partial charge in [-0.15, -0.1) is 0 Å². The molecule has 0 radical (unpaired) electrons. The van der Waals surface area contributed by atoms with Crippen molar-refractivity contribution in [1.82, 2.24) is 4.90 Å². The lowest BCUT2D eigenvalue weighted by molar-refractivity contribution is -0.0957. The molecule has 3 heteroatoms. The third-order valence-corrected chi connectivity index (χ3v) is 5.38. The summed E-state index contributed by atoms with van der Waals surface area (Å²) in [5.74, 6) is 0.501. The lowest BCUT2D eigenvalue weighted by Crippen LogP contribution is -2.54. The van der Waals surface area contributed by atoms with Gasteiger partial charge in [-0.3, -0.25) is 0 Å². The SMILES string of the molecule is CC(C)(C)C(N)CCN1CCC2(O)CCCCC2C1. The second kappa shape index (κ2) is 5.71. The van der Waals surface area contributed by atoms with E-state index < -0.39 is 0 Å². The number of nitrogens with zero attached hydrogens (tertiary/aromatic N) is 1. The van der Waals surface area contributed by atoms with E-state index in [2.05, 4.69) is 25.7 Å². The first-order chi connectivity index (χ1) is 8.81. The molecule has 2 rings (SSSR count). The van der Waals surface area contributed by atoms with E-state index in [1.807, 2.05) is 0 Å². The van der Waals surface area contributed by atoms with Gasteiger partial charge in [-0.1, -0.05) is 33.6 Å². The molecule has 0 aromatic rings. The zero-order valence-electron chi connectivity index (χ0n) is 13.0. The van der Waals surface area contributed by atoms with Gasteiger partial charge in [0.05, 0.1) is 5.60 Å². The molecule has 1 saturated carbocycles. The number of aliphatic hydroxyl groups is 1. The van der Waals surface area contributed by atoms with Crippen LogP contribution in [0.1, 0.15) is 59.3 Å². The number of rotatable bonds is 3. The number of piperidine rings is 1. The van der Waals surface area contributed by atoms with Gasteiger partial charge in [-0.25, -0.2) is 0 Å². The summed E-state index contributed by atoms with van der Waals surface area (Å²) in [5.41, 5.74) is 6.10. The molecule has 0 aromatic carbocycles. The molecular weight excluding hydrogens is 236 g/mol. The molecule has 3 nitrogen and oxygen atoms in total. The quantitative estimate of drug-likeness (QED) is 0.826. The minimum Gasteiger partial charge on any atom is -0.390 e. The largest absolute Gasteiger partial charge is 0.390 e. The number of hydrogen-bond acceptors (Lipinski definition) is 3. The maximum atomic E-state index is 10.7. The van der Waals surface area contributed by atoms with E-state index in [0.717, 1.165) is 38.9 Å². The van der Waals surface area contributed by atoms with Crippen molar-refractivity contribution in [3.05, 3.63) is 0 Å². The van der Waals surface area contributed by atoms with E-state index in [-0.39, 0.29) is 17.1 Å². The van der Waals surface area contributed by atoms with Crippen LogP contribution in [0.5, 0.6) is 0 Å². The standard InChI is InChI=1S/C16H32N2O/c1-15(2,3)14(17)7-10-18-11-9-16(19)8-5-4-6-13(16)12-18/h13-14,19H,4-12,17H2,1-3H3. The Kier molecular flexibility index (Phi) is 4.59. The Morgan fingerprint density at radius 1 is 1.32 bits per heavy atom. The van der Waals surface area contributed by atoms with Crippen molar-refractivity contribution >= 4 is 0 Å². The fourth-order valence-corrected chi connectivity index (χ4v) is 3.60. The molecule has 0 spiro atoms. The highest BCUT2D eigenvalue weighted by Crippen LogP contribution is 2.39. The molecule has 2 aliphatic rings. The highest BCUT2D eigenvalue weighted by molar-refractivity contribution is 4.95. The lowest BCUT2D eigenvalue weighted by atomic mass is 9.71. The van der Waals surface area contributed by atoms with Crippen LogP contribution in [0.15, 0.2) is 0 Å². The number of hydrogen-bond donors (Lipinski definition) is 2. The van der Waals surface area contributed by atoms with Crippen LogP contribution in [0.25, 0.3) is 0 Å². The lowest BCUT2D eigenvalue weighted by Gasteiger charge is -2.47. The van der Waals surface area contributed by atoms with E-state index >= 15 is 0 Å². The van der Waals surface area contributed by atoms with Crippen LogP contribution in [0, 0.1) is 11.3 Å². The molecule has 1 heterocycles. The topological polar surface area (TPSA) is 49.5 Å². The first kappa shape index (κ1) is 15.3. The summed E-state index contributed by atoms with van der Waals surface area (Å²) >= 11 is 0. The molecule has 2 fully saturated rings. The van der Waals surface area contributed by atoms with Gasteiger partial charge >= 0.3 is 0 Å². The number of likely N-dealkylation sites (tertiary alicyclic amines) is 1. The number of fused-ring (bicyclic) bond motifs is 1. The predicted molar refractivity (Wildman–Crippen MR) is 80.0 cm³/mol. The van der Waals surface area contributed by atoms with Gasteiger partial charge < -0.3 is 15.7 Å². The molecule has 3 unspecified atom stereocenters. The molecule has 3 N–H and O–H groups in total. The Morgan fingerprint density at radius 2 is 2.05 bits per heavy atom. The van der Waals surface area contributed by atoms with Crippen molar-refractivity contribution in [3.63, 3.8) is 0 Å². The third kappa shape index (κ3) is 3.71. The van der Waals surface area contributed by atoms with E-state index in [4.69, 9.17) is 5.73 Å². The third-order valence-electron chi connectivity index (χ3n) is 5.38. The molecule has 1 aliphatic heterocycles. The monoisotopic (exact) mass is 268 g/mol. The van der Waals surface area contributed by atoms with Crippen molar-refractivity contribution in [2.45, 2.75) is 70.9 Å². The maximum absolute atomic E-state index is 10.7. The second-order valence-corrected chi connectivity index (χ2v) is 7.86. The molecule has 112 valence electrons. The summed E-state index contributed by atoms with van der Waals surface area (Å²) in [7, 11) is 0. The average molecular weight is 268 g/mol. The molecule has 0 amide bonds. The molecule has 0 aromatic heterocycles. The minimum atomic E-state index is -0.346. The van der Waals surface area contributed by atoms with E-state index in [9.17, 15) is 5.11 Å². The van der Waals surface area contributed by atoms with Crippen LogP contribution >= 0.6 is 0 Å². The summed E-state index contributed by atoms with van der Waals surface area (Å²) in [5, 5.41) is 10.7. The zero-order chi connectivity index (χ0) is 14.1. The van der Waals surface area contributed by atoms with Crippen LogP contribution in [0.3, 0.4) is 0 Å². The predicted octanol–water partition coefficient (Wildman–Crippen LogP) is 2.38. The van der Waals surface area contributed by atoms with E-state index in [0.29, 0.717) is 5.92 Å². The second-order valence-electron chi connectivity index (χ2n) is 7.86. The van der Waals surface area contributed by atoms with Crippen molar-refractivity contribution < 1.29 is 5.11 Å². The van der Waals surface area contributed by atoms with Gasteiger partial charge in [0, 0.05) is 25.0 Å². The van der Waals surface area contributed by atoms with Crippen LogP contribution in [0.4, 0.5) is 0 Å². The first-order valence-electron chi connectivity index (χ1n) is 8.01. The van der Waals surface area contributed by atoms with Gasteiger partial charge in [-0.2, -0.15) is 0 Å². The van der Waals surface area contributed by atoms with Crippen LogP contribution < -0.4 is 5.73 Å². The highest BCUT2D eigenvalue weighted by Gasteiger charge is 2.42. The molecule has 3 atom stereocenters. The Labute approximate surface area is 118 Å². The minimum absolute atomic E-state index is 0.196. The maximum Gasteiger partial charge on any atom is 0.0700 e. The zero-order valence-corrected chi connectivity index (χ0v) is 13.0. The van der Waals surface area contributed by atoms with Gasteiger partial charge in [0.2, 0.25) is 0 Å². The molecule has 0 bridgehead atoms. The summed E-state index contributed by atoms with van der Waals surface area (Å²) in [4.78, 5) is 2.52. The van der Waals surface area contributed by atoms with Gasteiger partial charge in [0.1, 0.15) is 0 Å². The van der Waals surface area contributed by atoms with Crippen LogP contribution in [-0.4, -0.2) is 41.3 Å². The van der Waals surface area contributed by atoms with Crippen LogP contribution in [-0.2, 0) is 0 Å². The van der Waals surface area contributed by atoms with Gasteiger partial charge in [0.25, 0.3) is 0 Å². The van der Waals surface area contributed by atoms with Gasteiger partial charge in [0.15, 0.2) is 0 Å². The van der Waals surface area contributed by atoms with Crippen molar-refractivity contribution in [2.75, 3.05) is 19.6 Å². The Bertz CT molecular complexity index is 300. The Hall–Kier alpha value is -0.120. The normalized spacial score (nSPS) is 34.9. The van der Waals surface area contributed by atoms with Crippen molar-refractivity contribution in [2.24, 2.45) is 17.1 Å². The fourth-order valence-electron chi connectivity index (χ4n) is 3.60. The smallest absolute Gasteiger partial charge is 0.0700 e. The highest BCUT2D eigenvalue weighted by atomic mass is 16.3.